The normalized spacial score (nSPS) is 17.8. The fourth-order valence-electron chi connectivity index (χ4n) is 1.92. The predicted octanol–water partition coefficient (Wildman–Crippen LogP) is 0.939. The van der Waals surface area contributed by atoms with E-state index in [4.69, 9.17) is 5.26 Å². The molecule has 0 aromatic heterocycles. The van der Waals surface area contributed by atoms with Crippen LogP contribution in [-0.2, 0) is 4.79 Å². The van der Waals surface area contributed by atoms with Gasteiger partial charge < -0.3 is 10.6 Å². The van der Waals surface area contributed by atoms with E-state index in [1.54, 1.807) is 0 Å². The second-order valence-corrected chi connectivity index (χ2v) is 4.00. The minimum absolute atomic E-state index is 0.0826. The van der Waals surface area contributed by atoms with Crippen molar-refractivity contribution >= 4 is 5.91 Å². The van der Waals surface area contributed by atoms with Crippen LogP contribution >= 0.6 is 0 Å². The summed E-state index contributed by atoms with van der Waals surface area (Å²) >= 11 is 0. The molecule has 15 heavy (non-hydrogen) atoms. The monoisotopic (exact) mass is 209 g/mol. The molecule has 84 valence electrons. The molecular weight excluding hydrogens is 190 g/mol. The number of carbonyl (C=O) groups is 1. The Balaban J connectivity index is 2.12. The van der Waals surface area contributed by atoms with Gasteiger partial charge in [-0.1, -0.05) is 25.7 Å². The third kappa shape index (κ3) is 5.38. The van der Waals surface area contributed by atoms with E-state index in [0.29, 0.717) is 12.6 Å². The summed E-state index contributed by atoms with van der Waals surface area (Å²) in [5.74, 6) is -0.0826. The second-order valence-electron chi connectivity index (χ2n) is 4.00. The number of hydrogen-bond acceptors (Lipinski definition) is 3. The van der Waals surface area contributed by atoms with Gasteiger partial charge in [-0.25, -0.2) is 0 Å². The van der Waals surface area contributed by atoms with Crippen LogP contribution in [0.1, 0.15) is 38.5 Å². The summed E-state index contributed by atoms with van der Waals surface area (Å²) in [6.45, 7) is 0.442. The lowest BCUT2D eigenvalue weighted by Gasteiger charge is -2.15. The fourth-order valence-corrected chi connectivity index (χ4v) is 1.92. The van der Waals surface area contributed by atoms with E-state index in [1.807, 2.05) is 6.07 Å². The molecule has 0 radical (unpaired) electrons. The van der Waals surface area contributed by atoms with Gasteiger partial charge in [0.15, 0.2) is 0 Å². The molecule has 1 rings (SSSR count). The minimum Gasteiger partial charge on any atom is -0.342 e. The Labute approximate surface area is 91.0 Å². The van der Waals surface area contributed by atoms with Gasteiger partial charge in [0.05, 0.1) is 12.6 Å². The highest BCUT2D eigenvalue weighted by Gasteiger charge is 2.12. The highest BCUT2D eigenvalue weighted by atomic mass is 16.1. The summed E-state index contributed by atoms with van der Waals surface area (Å²) in [5, 5.41) is 14.1. The SMILES string of the molecule is N#CCNC(=O)CNC1CCCCCC1. The van der Waals surface area contributed by atoms with E-state index in [-0.39, 0.29) is 12.5 Å². The smallest absolute Gasteiger partial charge is 0.234 e. The maximum absolute atomic E-state index is 11.2. The molecule has 1 aliphatic carbocycles. The van der Waals surface area contributed by atoms with Crippen LogP contribution in [-0.4, -0.2) is 25.0 Å². The zero-order valence-corrected chi connectivity index (χ0v) is 9.09. The Bertz CT molecular complexity index is 226. The highest BCUT2D eigenvalue weighted by Crippen LogP contribution is 2.16. The first-order valence-electron chi connectivity index (χ1n) is 5.70. The van der Waals surface area contributed by atoms with Gasteiger partial charge >= 0.3 is 0 Å². The lowest BCUT2D eigenvalue weighted by Crippen LogP contribution is -2.39. The van der Waals surface area contributed by atoms with Crippen molar-refractivity contribution in [3.63, 3.8) is 0 Å². The molecular formula is C11H19N3O. The van der Waals surface area contributed by atoms with E-state index in [9.17, 15) is 4.79 Å². The van der Waals surface area contributed by atoms with Crippen molar-refractivity contribution in [2.75, 3.05) is 13.1 Å². The summed E-state index contributed by atoms with van der Waals surface area (Å²) in [4.78, 5) is 11.2. The Kier molecular flexibility index (Phi) is 5.79. The van der Waals surface area contributed by atoms with E-state index < -0.39 is 0 Å². The summed E-state index contributed by atoms with van der Waals surface area (Å²) < 4.78 is 0. The van der Waals surface area contributed by atoms with Crippen LogP contribution in [0.3, 0.4) is 0 Å². The summed E-state index contributed by atoms with van der Waals surface area (Å²) in [6, 6.07) is 2.37. The van der Waals surface area contributed by atoms with E-state index in [0.717, 1.165) is 0 Å². The molecule has 0 unspecified atom stereocenters. The standard InChI is InChI=1S/C11H19N3O/c12-7-8-13-11(15)9-14-10-5-3-1-2-4-6-10/h10,14H,1-6,8-9H2,(H,13,15). The quantitative estimate of drug-likeness (QED) is 0.535. The maximum Gasteiger partial charge on any atom is 0.234 e. The van der Waals surface area contributed by atoms with Crippen LogP contribution in [0, 0.1) is 11.3 Å². The first-order chi connectivity index (χ1) is 7.33. The Morgan fingerprint density at radius 1 is 1.27 bits per heavy atom. The third-order valence-electron chi connectivity index (χ3n) is 2.77. The van der Waals surface area contributed by atoms with Gasteiger partial charge in [-0.2, -0.15) is 5.26 Å². The number of hydrogen-bond donors (Lipinski definition) is 2. The van der Waals surface area contributed by atoms with Crippen molar-refractivity contribution in [1.29, 1.82) is 5.26 Å². The van der Waals surface area contributed by atoms with Gasteiger partial charge in [-0.15, -0.1) is 0 Å². The molecule has 0 atom stereocenters. The lowest BCUT2D eigenvalue weighted by atomic mass is 10.1. The van der Waals surface area contributed by atoms with E-state index in [2.05, 4.69) is 10.6 Å². The largest absolute Gasteiger partial charge is 0.342 e. The number of nitrogens with zero attached hydrogens (tertiary/aromatic N) is 1. The molecule has 1 saturated carbocycles. The van der Waals surface area contributed by atoms with Gasteiger partial charge in [-0.3, -0.25) is 4.79 Å². The molecule has 0 aliphatic heterocycles. The van der Waals surface area contributed by atoms with Crippen LogP contribution in [0.15, 0.2) is 0 Å². The first kappa shape index (κ1) is 12.0. The molecule has 4 nitrogen and oxygen atoms in total. The topological polar surface area (TPSA) is 64.9 Å². The molecule has 0 aromatic rings. The van der Waals surface area contributed by atoms with Crippen LogP contribution < -0.4 is 10.6 Å². The van der Waals surface area contributed by atoms with Gasteiger partial charge in [0.2, 0.25) is 5.91 Å². The minimum atomic E-state index is -0.0826. The van der Waals surface area contributed by atoms with E-state index >= 15 is 0 Å². The number of nitrogens with one attached hydrogen (secondary N) is 2. The molecule has 1 fully saturated rings. The highest BCUT2D eigenvalue weighted by molar-refractivity contribution is 5.78. The van der Waals surface area contributed by atoms with Crippen LogP contribution in [0.2, 0.25) is 0 Å². The molecule has 0 bridgehead atoms. The van der Waals surface area contributed by atoms with Gasteiger partial charge in [0.1, 0.15) is 6.54 Å². The van der Waals surface area contributed by atoms with Crippen molar-refractivity contribution in [2.45, 2.75) is 44.6 Å². The number of amides is 1. The molecule has 1 amide bonds. The van der Waals surface area contributed by atoms with Crippen molar-refractivity contribution in [3.8, 4) is 6.07 Å². The first-order valence-corrected chi connectivity index (χ1v) is 5.70. The Morgan fingerprint density at radius 3 is 2.53 bits per heavy atom. The summed E-state index contributed by atoms with van der Waals surface area (Å²) in [5.41, 5.74) is 0. The molecule has 4 heteroatoms. The lowest BCUT2D eigenvalue weighted by molar-refractivity contribution is -0.120. The zero-order chi connectivity index (χ0) is 10.9. The third-order valence-corrected chi connectivity index (χ3v) is 2.77. The van der Waals surface area contributed by atoms with Crippen molar-refractivity contribution in [2.24, 2.45) is 0 Å². The van der Waals surface area contributed by atoms with Gasteiger partial charge in [0, 0.05) is 6.04 Å². The maximum atomic E-state index is 11.2. The Hall–Kier alpha value is -1.08. The molecule has 2 N–H and O–H groups in total. The average molecular weight is 209 g/mol. The zero-order valence-electron chi connectivity index (χ0n) is 9.09. The van der Waals surface area contributed by atoms with E-state index in [1.165, 1.54) is 38.5 Å². The van der Waals surface area contributed by atoms with Crippen LogP contribution in [0.4, 0.5) is 0 Å². The number of rotatable bonds is 4. The van der Waals surface area contributed by atoms with Crippen molar-refractivity contribution in [1.82, 2.24) is 10.6 Å². The number of carbonyl (C=O) groups excluding carboxylic acids is 1. The van der Waals surface area contributed by atoms with Crippen molar-refractivity contribution < 1.29 is 4.79 Å². The molecule has 0 heterocycles. The molecule has 0 spiro atoms. The fraction of sp³-hybridized carbons (Fsp3) is 0.818. The summed E-state index contributed by atoms with van der Waals surface area (Å²) in [7, 11) is 0. The van der Waals surface area contributed by atoms with Crippen LogP contribution in [0.5, 0.6) is 0 Å². The van der Waals surface area contributed by atoms with Crippen LogP contribution in [0.25, 0.3) is 0 Å². The predicted molar refractivity (Wildman–Crippen MR) is 58.1 cm³/mol. The molecule has 1 aliphatic rings. The molecule has 0 aromatic carbocycles. The number of nitriles is 1. The van der Waals surface area contributed by atoms with Gasteiger partial charge in [0.25, 0.3) is 0 Å². The Morgan fingerprint density at radius 2 is 1.93 bits per heavy atom. The van der Waals surface area contributed by atoms with Gasteiger partial charge in [-0.05, 0) is 12.8 Å². The second kappa shape index (κ2) is 7.24. The summed E-state index contributed by atoms with van der Waals surface area (Å²) in [6.07, 6.45) is 7.50. The average Bonchev–Trinajstić information content (AvgIpc) is 2.51. The van der Waals surface area contributed by atoms with Crippen molar-refractivity contribution in [3.05, 3.63) is 0 Å². The molecule has 0 saturated heterocycles.